The summed E-state index contributed by atoms with van der Waals surface area (Å²) in [5, 5.41) is 7.37. The van der Waals surface area contributed by atoms with Gasteiger partial charge in [-0.25, -0.2) is 9.97 Å². The number of benzene rings is 2. The molecule has 4 rings (SSSR count). The Hall–Kier alpha value is -1.95. The summed E-state index contributed by atoms with van der Waals surface area (Å²) in [7, 11) is 0. The van der Waals surface area contributed by atoms with Crippen LogP contribution in [-0.4, -0.2) is 9.97 Å². The summed E-state index contributed by atoms with van der Waals surface area (Å²) in [6.45, 7) is 0.679. The SMILES string of the molecule is Clc1ccc(CNc2ncnc3scc(-c4ccc(Br)cc4)c23)cc1. The maximum atomic E-state index is 5.95. The summed E-state index contributed by atoms with van der Waals surface area (Å²) in [6, 6.07) is 16.1. The van der Waals surface area contributed by atoms with Gasteiger partial charge in [0.2, 0.25) is 0 Å². The molecule has 0 unspecified atom stereocenters. The zero-order valence-electron chi connectivity index (χ0n) is 13.0. The number of rotatable bonds is 4. The van der Waals surface area contributed by atoms with Crippen molar-refractivity contribution >= 4 is 54.9 Å². The minimum Gasteiger partial charge on any atom is -0.365 e. The van der Waals surface area contributed by atoms with E-state index in [0.29, 0.717) is 6.54 Å². The third-order valence-electron chi connectivity index (χ3n) is 3.90. The van der Waals surface area contributed by atoms with Crippen LogP contribution in [0, 0.1) is 0 Å². The molecule has 3 nitrogen and oxygen atoms in total. The van der Waals surface area contributed by atoms with E-state index in [-0.39, 0.29) is 0 Å². The first kappa shape index (κ1) is 16.5. The molecule has 0 aliphatic heterocycles. The summed E-state index contributed by atoms with van der Waals surface area (Å²) in [5.41, 5.74) is 3.45. The van der Waals surface area contributed by atoms with Gasteiger partial charge in [0.15, 0.2) is 0 Å². The van der Waals surface area contributed by atoms with Crippen LogP contribution in [0.5, 0.6) is 0 Å². The molecule has 2 heterocycles. The molecule has 0 atom stereocenters. The van der Waals surface area contributed by atoms with Gasteiger partial charge >= 0.3 is 0 Å². The molecule has 2 aromatic heterocycles. The molecule has 124 valence electrons. The fourth-order valence-electron chi connectivity index (χ4n) is 2.64. The van der Waals surface area contributed by atoms with Crippen molar-refractivity contribution in [3.05, 3.63) is 75.3 Å². The highest BCUT2D eigenvalue weighted by Crippen LogP contribution is 2.36. The lowest BCUT2D eigenvalue weighted by Crippen LogP contribution is -2.02. The summed E-state index contributed by atoms with van der Waals surface area (Å²) in [6.07, 6.45) is 1.61. The minimum absolute atomic E-state index is 0.679. The van der Waals surface area contributed by atoms with Crippen LogP contribution in [0.3, 0.4) is 0 Å². The van der Waals surface area contributed by atoms with Crippen molar-refractivity contribution in [2.75, 3.05) is 5.32 Å². The van der Waals surface area contributed by atoms with Crippen LogP contribution in [-0.2, 0) is 6.54 Å². The second-order valence-corrected chi connectivity index (χ2v) is 7.75. The smallest absolute Gasteiger partial charge is 0.139 e. The van der Waals surface area contributed by atoms with Crippen molar-refractivity contribution in [1.29, 1.82) is 0 Å². The number of hydrogen-bond donors (Lipinski definition) is 1. The first-order chi connectivity index (χ1) is 12.2. The highest BCUT2D eigenvalue weighted by atomic mass is 79.9. The summed E-state index contributed by atoms with van der Waals surface area (Å²) < 4.78 is 1.06. The maximum absolute atomic E-state index is 5.95. The number of anilines is 1. The molecular formula is C19H13BrClN3S. The van der Waals surface area contributed by atoms with Crippen molar-refractivity contribution in [2.24, 2.45) is 0 Å². The van der Waals surface area contributed by atoms with Gasteiger partial charge in [-0.1, -0.05) is 51.8 Å². The molecule has 25 heavy (non-hydrogen) atoms. The van der Waals surface area contributed by atoms with E-state index in [4.69, 9.17) is 11.6 Å². The second-order valence-electron chi connectivity index (χ2n) is 5.54. The molecule has 4 aromatic rings. The normalized spacial score (nSPS) is 11.0. The number of halogens is 2. The average molecular weight is 431 g/mol. The maximum Gasteiger partial charge on any atom is 0.139 e. The lowest BCUT2D eigenvalue weighted by molar-refractivity contribution is 1.11. The Kier molecular flexibility index (Phi) is 4.70. The van der Waals surface area contributed by atoms with Crippen molar-refractivity contribution in [2.45, 2.75) is 6.54 Å². The van der Waals surface area contributed by atoms with Crippen molar-refractivity contribution in [1.82, 2.24) is 9.97 Å². The van der Waals surface area contributed by atoms with Crippen LogP contribution in [0.25, 0.3) is 21.3 Å². The molecule has 0 amide bonds. The second kappa shape index (κ2) is 7.12. The molecular weight excluding hydrogens is 418 g/mol. The Morgan fingerprint density at radius 1 is 1.00 bits per heavy atom. The van der Waals surface area contributed by atoms with Gasteiger partial charge in [-0.2, -0.15) is 0 Å². The third-order valence-corrected chi connectivity index (χ3v) is 5.57. The van der Waals surface area contributed by atoms with Crippen LogP contribution in [0.4, 0.5) is 5.82 Å². The first-order valence-corrected chi connectivity index (χ1v) is 9.72. The van der Waals surface area contributed by atoms with Gasteiger partial charge in [0.25, 0.3) is 0 Å². The lowest BCUT2D eigenvalue weighted by atomic mass is 10.1. The molecule has 0 fully saturated rings. The van der Waals surface area contributed by atoms with Gasteiger partial charge in [-0.05, 0) is 35.4 Å². The molecule has 0 spiro atoms. The Morgan fingerprint density at radius 3 is 2.52 bits per heavy atom. The summed E-state index contributed by atoms with van der Waals surface area (Å²) in [4.78, 5) is 9.86. The van der Waals surface area contributed by atoms with Crippen LogP contribution in [0.1, 0.15) is 5.56 Å². The predicted molar refractivity (Wildman–Crippen MR) is 109 cm³/mol. The van der Waals surface area contributed by atoms with E-state index in [2.05, 4.69) is 48.7 Å². The van der Waals surface area contributed by atoms with Crippen molar-refractivity contribution < 1.29 is 0 Å². The zero-order chi connectivity index (χ0) is 17.2. The highest BCUT2D eigenvalue weighted by molar-refractivity contribution is 9.10. The molecule has 2 aromatic carbocycles. The molecule has 1 N–H and O–H groups in total. The van der Waals surface area contributed by atoms with Crippen LogP contribution < -0.4 is 5.32 Å². The molecule has 0 bridgehead atoms. The largest absolute Gasteiger partial charge is 0.365 e. The van der Waals surface area contributed by atoms with Gasteiger partial charge in [0.05, 0.1) is 5.39 Å². The van der Waals surface area contributed by atoms with Crippen molar-refractivity contribution in [3.8, 4) is 11.1 Å². The van der Waals surface area contributed by atoms with E-state index in [1.165, 1.54) is 0 Å². The van der Waals surface area contributed by atoms with E-state index >= 15 is 0 Å². The molecule has 0 radical (unpaired) electrons. The van der Waals surface area contributed by atoms with Crippen LogP contribution in [0.15, 0.2) is 64.7 Å². The van der Waals surface area contributed by atoms with E-state index in [1.807, 2.05) is 36.4 Å². The molecule has 0 saturated carbocycles. The van der Waals surface area contributed by atoms with Crippen molar-refractivity contribution in [3.63, 3.8) is 0 Å². The van der Waals surface area contributed by atoms with E-state index in [0.717, 1.165) is 42.2 Å². The van der Waals surface area contributed by atoms with Gasteiger partial charge in [0, 0.05) is 27.0 Å². The number of nitrogens with one attached hydrogen (secondary N) is 1. The van der Waals surface area contributed by atoms with Gasteiger partial charge in [-0.15, -0.1) is 11.3 Å². The minimum atomic E-state index is 0.679. The standard InChI is InChI=1S/C19H13BrClN3S/c20-14-5-3-13(4-6-14)16-10-25-19-17(16)18(23-11-24-19)22-9-12-1-7-15(21)8-2-12/h1-8,10-11H,9H2,(H,22,23,24). The fraction of sp³-hybridized carbons (Fsp3) is 0.0526. The Bertz CT molecular complexity index is 1010. The number of aromatic nitrogens is 2. The molecule has 0 aliphatic carbocycles. The lowest BCUT2D eigenvalue weighted by Gasteiger charge is -2.09. The van der Waals surface area contributed by atoms with E-state index in [1.54, 1.807) is 17.7 Å². The fourth-order valence-corrected chi connectivity index (χ4v) is 3.95. The topological polar surface area (TPSA) is 37.8 Å². The van der Waals surface area contributed by atoms with Crippen LogP contribution in [0.2, 0.25) is 5.02 Å². The Morgan fingerprint density at radius 2 is 1.76 bits per heavy atom. The predicted octanol–water partition coefficient (Wildman–Crippen LogP) is 6.39. The quantitative estimate of drug-likeness (QED) is 0.408. The number of fused-ring (bicyclic) bond motifs is 1. The van der Waals surface area contributed by atoms with E-state index < -0.39 is 0 Å². The zero-order valence-corrected chi connectivity index (χ0v) is 16.2. The molecule has 6 heteroatoms. The number of nitrogens with zero attached hydrogens (tertiary/aromatic N) is 2. The van der Waals surface area contributed by atoms with Crippen LogP contribution >= 0.6 is 38.9 Å². The molecule has 0 aliphatic rings. The van der Waals surface area contributed by atoms with Gasteiger partial charge in [-0.3, -0.25) is 0 Å². The average Bonchev–Trinajstić information content (AvgIpc) is 3.07. The van der Waals surface area contributed by atoms with Gasteiger partial charge < -0.3 is 5.32 Å². The summed E-state index contributed by atoms with van der Waals surface area (Å²) in [5.74, 6) is 0.846. The monoisotopic (exact) mass is 429 g/mol. The highest BCUT2D eigenvalue weighted by Gasteiger charge is 2.13. The Labute approximate surface area is 162 Å². The third kappa shape index (κ3) is 3.54. The molecule has 0 saturated heterocycles. The van der Waals surface area contributed by atoms with Gasteiger partial charge in [0.1, 0.15) is 17.0 Å². The summed E-state index contributed by atoms with van der Waals surface area (Å²) >= 11 is 11.1. The number of thiophene rings is 1. The number of hydrogen-bond acceptors (Lipinski definition) is 4. The van der Waals surface area contributed by atoms with E-state index in [9.17, 15) is 0 Å². The first-order valence-electron chi connectivity index (χ1n) is 7.67. The Balaban J connectivity index is 1.70.